The lowest BCUT2D eigenvalue weighted by atomic mass is 9.44. The predicted molar refractivity (Wildman–Crippen MR) is 235 cm³/mol. The lowest BCUT2D eigenvalue weighted by Gasteiger charge is -2.60. The Balaban J connectivity index is 0.000000121. The molecule has 10 rings (SSSR count). The molecule has 0 amide bonds. The highest BCUT2D eigenvalue weighted by Gasteiger charge is 2.70. The summed E-state index contributed by atoms with van der Waals surface area (Å²) in [7, 11) is 0. The Labute approximate surface area is 351 Å². The van der Waals surface area contributed by atoms with E-state index in [4.69, 9.17) is 4.74 Å². The predicted octanol–water partition coefficient (Wildman–Crippen LogP) is 14.8. The molecule has 3 heteroatoms. The number of hydrogen-bond acceptors (Lipinski definition) is 3. The minimum absolute atomic E-state index is 0.0744. The molecule has 0 radical (unpaired) electrons. The first-order valence-electron chi connectivity index (χ1n) is 25.3. The molecule has 0 N–H and O–H groups in total. The summed E-state index contributed by atoms with van der Waals surface area (Å²) >= 11 is 0. The zero-order valence-corrected chi connectivity index (χ0v) is 39.6. The SMILES string of the molecule is CC(=O)O[C@@]12CCC[C@@](C)(CC[C@@H]3[C@@H]1CC3(C)C)C2.CC(C)[C@H]1CC[C@H]2[C@@H]3CC[C@H]4CCCC[C@]4(C)[C@H]3CC[C@]12C.CC1(C)[C@H]2CC[C@]3(C2)[C@H]1C(=O)CCC3(C)C. The molecule has 0 aromatic carbocycles. The molecule has 0 aromatic rings. The van der Waals surface area contributed by atoms with E-state index < -0.39 is 0 Å². The second kappa shape index (κ2) is 14.3. The number of carbonyl (C=O) groups is 2. The maximum absolute atomic E-state index is 12.4. The van der Waals surface area contributed by atoms with Crippen molar-refractivity contribution in [3.8, 4) is 0 Å². The van der Waals surface area contributed by atoms with Crippen LogP contribution in [0.25, 0.3) is 0 Å². The Bertz CT molecular complexity index is 1540. The van der Waals surface area contributed by atoms with Crippen LogP contribution < -0.4 is 0 Å². The minimum Gasteiger partial charge on any atom is -0.459 e. The Morgan fingerprint density at radius 3 is 2.04 bits per heavy atom. The van der Waals surface area contributed by atoms with Gasteiger partial charge in [0, 0.05) is 25.2 Å². The number of hydrogen-bond donors (Lipinski definition) is 0. The van der Waals surface area contributed by atoms with Gasteiger partial charge in [-0.25, -0.2) is 0 Å². The van der Waals surface area contributed by atoms with Crippen molar-refractivity contribution in [2.75, 3.05) is 0 Å². The van der Waals surface area contributed by atoms with Gasteiger partial charge in [-0.05, 0) is 207 Å². The van der Waals surface area contributed by atoms with Gasteiger partial charge < -0.3 is 4.74 Å². The molecule has 57 heavy (non-hydrogen) atoms. The molecule has 14 atom stereocenters. The largest absolute Gasteiger partial charge is 0.459 e. The zero-order valence-electron chi connectivity index (χ0n) is 39.6. The molecule has 0 aromatic heterocycles. The van der Waals surface area contributed by atoms with Crippen LogP contribution in [0.1, 0.15) is 224 Å². The van der Waals surface area contributed by atoms with E-state index in [1.54, 1.807) is 51.9 Å². The van der Waals surface area contributed by atoms with E-state index in [2.05, 4.69) is 76.2 Å². The average Bonchev–Trinajstić information content (AvgIpc) is 3.77. The highest BCUT2D eigenvalue weighted by molar-refractivity contribution is 5.84. The van der Waals surface area contributed by atoms with Crippen LogP contribution in [0.15, 0.2) is 0 Å². The Hall–Kier alpha value is -0.860. The smallest absolute Gasteiger partial charge is 0.303 e. The summed E-state index contributed by atoms with van der Waals surface area (Å²) in [6.07, 6.45) is 30.1. The van der Waals surface area contributed by atoms with Crippen LogP contribution in [0.5, 0.6) is 0 Å². The maximum atomic E-state index is 12.4. The van der Waals surface area contributed by atoms with E-state index in [-0.39, 0.29) is 17.0 Å². The molecule has 0 unspecified atom stereocenters. The summed E-state index contributed by atoms with van der Waals surface area (Å²) in [6.45, 7) is 28.7. The minimum atomic E-state index is -0.129. The van der Waals surface area contributed by atoms with Gasteiger partial charge in [-0.2, -0.15) is 0 Å². The molecule has 0 aliphatic heterocycles. The fraction of sp³-hybridized carbons (Fsp3) is 0.963. The summed E-state index contributed by atoms with van der Waals surface area (Å²) in [5.41, 5.74) is 3.14. The van der Waals surface area contributed by atoms with Gasteiger partial charge in [0.2, 0.25) is 0 Å². The van der Waals surface area contributed by atoms with E-state index >= 15 is 0 Å². The number of ketones is 1. The standard InChI is InChI=1S/C22H38.C17H28O2.C15H24O/c1-15(2)18-10-11-19-17-9-8-16-7-5-6-13-21(16,3)20(17)12-14-22(18,19)4;1-12(18)19-17-8-5-7-16(4,11-17)9-6-13-14(17)10-15(13,2)3;1-13(2)7-6-11(16)12-14(3,4)10-5-8-15(12,13)9-10/h15-20H,5-14H2,1-4H3;13-14H,5-11H2,1-4H3;10,12H,5-9H2,1-4H3/t16-,17+,18-,19+,20+,21+,22-;13-,14+,16+,17-;10-,12-,15-/m110/s1. The van der Waals surface area contributed by atoms with Gasteiger partial charge in [0.1, 0.15) is 11.4 Å². The maximum Gasteiger partial charge on any atom is 0.303 e. The highest BCUT2D eigenvalue weighted by Crippen LogP contribution is 2.75. The first-order chi connectivity index (χ1) is 26.5. The van der Waals surface area contributed by atoms with Gasteiger partial charge in [-0.3, -0.25) is 9.59 Å². The average molecular weight is 787 g/mol. The molecule has 0 saturated heterocycles. The summed E-state index contributed by atoms with van der Waals surface area (Å²) in [5, 5.41) is 0. The lowest BCUT2D eigenvalue weighted by molar-refractivity contribution is -0.199. The fourth-order valence-electron chi connectivity index (χ4n) is 19.5. The molecule has 10 fully saturated rings. The van der Waals surface area contributed by atoms with Crippen molar-refractivity contribution >= 4 is 11.8 Å². The van der Waals surface area contributed by atoms with Crippen molar-refractivity contribution in [1.82, 2.24) is 0 Å². The van der Waals surface area contributed by atoms with Crippen LogP contribution in [-0.2, 0) is 14.3 Å². The van der Waals surface area contributed by atoms with Crippen LogP contribution in [0.2, 0.25) is 0 Å². The molecule has 10 aliphatic carbocycles. The molecule has 324 valence electrons. The van der Waals surface area contributed by atoms with Crippen molar-refractivity contribution in [2.45, 2.75) is 230 Å². The summed E-state index contributed by atoms with van der Waals surface area (Å²) in [6, 6.07) is 0. The van der Waals surface area contributed by atoms with E-state index in [0.717, 1.165) is 78.4 Å². The van der Waals surface area contributed by atoms with Crippen LogP contribution in [0, 0.1) is 97.1 Å². The molecule has 3 nitrogen and oxygen atoms in total. The molecule has 10 saturated carbocycles. The first-order valence-corrected chi connectivity index (χ1v) is 25.3. The summed E-state index contributed by atoms with van der Waals surface area (Å²) in [5.74, 6) is 9.26. The molecule has 1 spiro atoms. The first kappa shape index (κ1) is 42.8. The number of ether oxygens (including phenoxy) is 1. The number of rotatable bonds is 2. The third-order valence-electron chi connectivity index (χ3n) is 22.4. The van der Waals surface area contributed by atoms with Gasteiger partial charge in [-0.1, -0.05) is 89.0 Å². The summed E-state index contributed by atoms with van der Waals surface area (Å²) < 4.78 is 5.98. The molecular formula is C54H90O3. The Morgan fingerprint density at radius 1 is 0.632 bits per heavy atom. The van der Waals surface area contributed by atoms with Crippen molar-refractivity contribution < 1.29 is 14.3 Å². The second-order valence-electron chi connectivity index (χ2n) is 26.5. The zero-order chi connectivity index (χ0) is 41.2. The van der Waals surface area contributed by atoms with Crippen LogP contribution in [0.4, 0.5) is 0 Å². The molecule has 0 heterocycles. The molecule has 4 bridgehead atoms. The highest BCUT2D eigenvalue weighted by atomic mass is 16.6. The second-order valence-corrected chi connectivity index (χ2v) is 26.5. The quantitative estimate of drug-likeness (QED) is 0.262. The van der Waals surface area contributed by atoms with Gasteiger partial charge in [-0.15, -0.1) is 0 Å². The van der Waals surface area contributed by atoms with Crippen molar-refractivity contribution in [1.29, 1.82) is 0 Å². The monoisotopic (exact) mass is 787 g/mol. The van der Waals surface area contributed by atoms with Gasteiger partial charge in [0.25, 0.3) is 0 Å². The van der Waals surface area contributed by atoms with Gasteiger partial charge in [0.15, 0.2) is 0 Å². The van der Waals surface area contributed by atoms with Gasteiger partial charge in [0.05, 0.1) is 0 Å². The topological polar surface area (TPSA) is 43.4 Å². The Kier molecular flexibility index (Phi) is 10.8. The van der Waals surface area contributed by atoms with E-state index in [9.17, 15) is 9.59 Å². The number of Topliss-reactive ketones (excluding diaryl/α,β-unsaturated/α-hetero) is 1. The lowest BCUT2D eigenvalue weighted by Crippen LogP contribution is -2.57. The normalized spacial score (nSPS) is 50.5. The Morgan fingerprint density at radius 2 is 1.35 bits per heavy atom. The van der Waals surface area contributed by atoms with Crippen molar-refractivity contribution in [3.63, 3.8) is 0 Å². The molecule has 10 aliphatic rings. The van der Waals surface area contributed by atoms with E-state index in [1.165, 1.54) is 70.6 Å². The van der Waals surface area contributed by atoms with Crippen molar-refractivity contribution in [2.24, 2.45) is 97.1 Å². The number of esters is 1. The molecular weight excluding hydrogens is 697 g/mol. The van der Waals surface area contributed by atoms with E-state index in [1.807, 2.05) is 0 Å². The van der Waals surface area contributed by atoms with E-state index in [0.29, 0.717) is 44.7 Å². The summed E-state index contributed by atoms with van der Waals surface area (Å²) in [4.78, 5) is 24.0. The van der Waals surface area contributed by atoms with Crippen LogP contribution in [0.3, 0.4) is 0 Å². The number of carbonyl (C=O) groups excluding carboxylic acids is 2. The van der Waals surface area contributed by atoms with Crippen LogP contribution in [-0.4, -0.2) is 17.4 Å². The number of fused-ring (bicyclic) bond motifs is 10. The van der Waals surface area contributed by atoms with Crippen LogP contribution >= 0.6 is 0 Å². The fourth-order valence-corrected chi connectivity index (χ4v) is 19.5. The van der Waals surface area contributed by atoms with Crippen molar-refractivity contribution in [3.05, 3.63) is 0 Å². The third-order valence-corrected chi connectivity index (χ3v) is 22.4. The van der Waals surface area contributed by atoms with Gasteiger partial charge >= 0.3 is 5.97 Å². The third kappa shape index (κ3) is 6.64.